The number of halogens is 3. The SMILES string of the molecule is CCn1c(N2CCN(S(=O)(=O)c3ccccc3)CC2)c(N)c2ccc(C(F)(F)F)cc21. The van der Waals surface area contributed by atoms with E-state index in [1.54, 1.807) is 34.9 Å². The standard InChI is InChI=1S/C21H23F3N4O2S/c1-2-28-18-14-15(21(22,23)24)8-9-17(18)19(25)20(28)26-10-12-27(13-11-26)31(29,30)16-6-4-3-5-7-16/h3-9,14H,2,10-13,25H2,1H3. The third kappa shape index (κ3) is 3.74. The minimum atomic E-state index is -4.44. The number of nitrogens with zero attached hydrogens (tertiary/aromatic N) is 3. The molecule has 2 aromatic carbocycles. The second-order valence-electron chi connectivity index (χ2n) is 7.42. The third-order valence-corrected chi connectivity index (χ3v) is 7.55. The molecule has 10 heteroatoms. The molecule has 2 N–H and O–H groups in total. The van der Waals surface area contributed by atoms with Gasteiger partial charge in [0.2, 0.25) is 10.0 Å². The van der Waals surface area contributed by atoms with Gasteiger partial charge in [0, 0.05) is 38.1 Å². The predicted octanol–water partition coefficient (Wildman–Crippen LogP) is 3.77. The molecule has 3 aromatic rings. The predicted molar refractivity (Wildman–Crippen MR) is 114 cm³/mol. The third-order valence-electron chi connectivity index (χ3n) is 5.64. The lowest BCUT2D eigenvalue weighted by molar-refractivity contribution is -0.137. The zero-order valence-electron chi connectivity index (χ0n) is 16.9. The number of piperazine rings is 1. The van der Waals surface area contributed by atoms with Crippen molar-refractivity contribution < 1.29 is 21.6 Å². The number of hydrogen-bond acceptors (Lipinski definition) is 4. The van der Waals surface area contributed by atoms with Gasteiger partial charge in [-0.25, -0.2) is 8.42 Å². The molecule has 0 amide bonds. The molecule has 1 aliphatic rings. The fourth-order valence-corrected chi connectivity index (χ4v) is 5.53. The molecular formula is C21H23F3N4O2S. The Balaban J connectivity index is 1.64. The summed E-state index contributed by atoms with van der Waals surface area (Å²) in [7, 11) is -3.60. The van der Waals surface area contributed by atoms with Crippen molar-refractivity contribution in [1.82, 2.24) is 8.87 Å². The Kier molecular flexibility index (Phi) is 5.38. The summed E-state index contributed by atoms with van der Waals surface area (Å²) in [5.41, 5.74) is 6.44. The molecule has 31 heavy (non-hydrogen) atoms. The average Bonchev–Trinajstić information content (AvgIpc) is 3.05. The molecule has 1 aliphatic heterocycles. The lowest BCUT2D eigenvalue weighted by atomic mass is 10.1. The highest BCUT2D eigenvalue weighted by atomic mass is 32.2. The van der Waals surface area contributed by atoms with Crippen molar-refractivity contribution in [2.24, 2.45) is 0 Å². The number of sulfonamides is 1. The van der Waals surface area contributed by atoms with Gasteiger partial charge < -0.3 is 15.2 Å². The van der Waals surface area contributed by atoms with Crippen LogP contribution in [0.4, 0.5) is 24.7 Å². The van der Waals surface area contributed by atoms with Gasteiger partial charge in [-0.1, -0.05) is 24.3 Å². The first-order valence-corrected chi connectivity index (χ1v) is 11.4. The van der Waals surface area contributed by atoms with Gasteiger partial charge in [0.05, 0.1) is 21.7 Å². The fourth-order valence-electron chi connectivity index (χ4n) is 4.08. The van der Waals surface area contributed by atoms with Crippen LogP contribution < -0.4 is 10.6 Å². The first kappa shape index (κ1) is 21.5. The van der Waals surface area contributed by atoms with Crippen LogP contribution in [0.2, 0.25) is 0 Å². The monoisotopic (exact) mass is 452 g/mol. The maximum absolute atomic E-state index is 13.2. The number of alkyl halides is 3. The van der Waals surface area contributed by atoms with Crippen LogP contribution in [-0.2, 0) is 22.7 Å². The molecule has 1 aromatic heterocycles. The highest BCUT2D eigenvalue weighted by Crippen LogP contribution is 2.39. The van der Waals surface area contributed by atoms with Crippen LogP contribution in [0.5, 0.6) is 0 Å². The molecule has 0 unspecified atom stereocenters. The lowest BCUT2D eigenvalue weighted by Gasteiger charge is -2.36. The number of nitrogens with two attached hydrogens (primary N) is 1. The summed E-state index contributed by atoms with van der Waals surface area (Å²) in [6, 6.07) is 11.8. The highest BCUT2D eigenvalue weighted by Gasteiger charge is 2.33. The van der Waals surface area contributed by atoms with E-state index in [2.05, 4.69) is 0 Å². The molecule has 2 heterocycles. The second kappa shape index (κ2) is 7.76. The minimum absolute atomic E-state index is 0.241. The molecule has 0 saturated carbocycles. The smallest absolute Gasteiger partial charge is 0.395 e. The average molecular weight is 453 g/mol. The second-order valence-corrected chi connectivity index (χ2v) is 9.35. The minimum Gasteiger partial charge on any atom is -0.395 e. The molecule has 1 saturated heterocycles. The number of hydrogen-bond donors (Lipinski definition) is 1. The van der Waals surface area contributed by atoms with E-state index in [-0.39, 0.29) is 18.0 Å². The van der Waals surface area contributed by atoms with Crippen molar-refractivity contribution in [3.8, 4) is 0 Å². The van der Waals surface area contributed by atoms with E-state index < -0.39 is 21.8 Å². The van der Waals surface area contributed by atoms with Crippen LogP contribution in [0.25, 0.3) is 10.9 Å². The van der Waals surface area contributed by atoms with Crippen molar-refractivity contribution in [3.63, 3.8) is 0 Å². The van der Waals surface area contributed by atoms with Gasteiger partial charge in [-0.2, -0.15) is 17.5 Å². The van der Waals surface area contributed by atoms with E-state index in [0.29, 0.717) is 42.0 Å². The van der Waals surface area contributed by atoms with Gasteiger partial charge >= 0.3 is 6.18 Å². The van der Waals surface area contributed by atoms with Crippen molar-refractivity contribution in [3.05, 3.63) is 54.1 Å². The number of benzene rings is 2. The lowest BCUT2D eigenvalue weighted by Crippen LogP contribution is -2.49. The van der Waals surface area contributed by atoms with Crippen LogP contribution in [0.1, 0.15) is 12.5 Å². The summed E-state index contributed by atoms with van der Waals surface area (Å²) in [4.78, 5) is 2.19. The van der Waals surface area contributed by atoms with Crippen LogP contribution in [-0.4, -0.2) is 43.5 Å². The van der Waals surface area contributed by atoms with E-state index in [1.807, 2.05) is 11.8 Å². The summed E-state index contributed by atoms with van der Waals surface area (Å²) < 4.78 is 68.5. The molecule has 4 rings (SSSR count). The number of anilines is 2. The molecule has 0 aliphatic carbocycles. The molecule has 0 bridgehead atoms. The number of nitrogen functional groups attached to an aromatic ring is 1. The zero-order valence-corrected chi connectivity index (χ0v) is 17.7. The van der Waals surface area contributed by atoms with Gasteiger partial charge in [-0.05, 0) is 31.2 Å². The van der Waals surface area contributed by atoms with Crippen molar-refractivity contribution in [1.29, 1.82) is 0 Å². The van der Waals surface area contributed by atoms with Crippen molar-refractivity contribution in [2.75, 3.05) is 36.8 Å². The van der Waals surface area contributed by atoms with Gasteiger partial charge in [0.15, 0.2) is 0 Å². The summed E-state index contributed by atoms with van der Waals surface area (Å²) >= 11 is 0. The van der Waals surface area contributed by atoms with E-state index in [1.165, 1.54) is 10.4 Å². The van der Waals surface area contributed by atoms with Crippen LogP contribution in [0.15, 0.2) is 53.4 Å². The van der Waals surface area contributed by atoms with Crippen LogP contribution >= 0.6 is 0 Å². The molecule has 1 fully saturated rings. The van der Waals surface area contributed by atoms with Crippen LogP contribution in [0.3, 0.4) is 0 Å². The summed E-state index contributed by atoms with van der Waals surface area (Å²) in [5.74, 6) is 0.633. The van der Waals surface area contributed by atoms with Gasteiger partial charge in [-0.15, -0.1) is 0 Å². The normalized spacial score (nSPS) is 16.2. The Morgan fingerprint density at radius 3 is 2.23 bits per heavy atom. The number of rotatable bonds is 4. The maximum Gasteiger partial charge on any atom is 0.416 e. The summed E-state index contributed by atoms with van der Waals surface area (Å²) in [6.45, 7) is 3.58. The van der Waals surface area contributed by atoms with Crippen molar-refractivity contribution >= 4 is 32.4 Å². The first-order valence-electron chi connectivity index (χ1n) is 9.93. The van der Waals surface area contributed by atoms with E-state index in [0.717, 1.165) is 12.1 Å². The van der Waals surface area contributed by atoms with E-state index in [4.69, 9.17) is 5.73 Å². The van der Waals surface area contributed by atoms with E-state index >= 15 is 0 Å². The van der Waals surface area contributed by atoms with Gasteiger partial charge in [-0.3, -0.25) is 0 Å². The fraction of sp³-hybridized carbons (Fsp3) is 0.333. The molecule has 0 spiro atoms. The maximum atomic E-state index is 13.2. The first-order chi connectivity index (χ1) is 14.6. The summed E-state index contributed by atoms with van der Waals surface area (Å²) in [5, 5.41) is 0.559. The van der Waals surface area contributed by atoms with E-state index in [9.17, 15) is 21.6 Å². The Bertz CT molecular complexity index is 1200. The topological polar surface area (TPSA) is 71.6 Å². The zero-order chi connectivity index (χ0) is 22.4. The summed E-state index contributed by atoms with van der Waals surface area (Å²) in [6.07, 6.45) is -4.44. The molecule has 0 atom stereocenters. The highest BCUT2D eigenvalue weighted by molar-refractivity contribution is 7.89. The number of aryl methyl sites for hydroxylation is 1. The van der Waals surface area contributed by atoms with Gasteiger partial charge in [0.25, 0.3) is 0 Å². The molecule has 166 valence electrons. The molecule has 0 radical (unpaired) electrons. The quantitative estimate of drug-likeness (QED) is 0.654. The Hall–Kier alpha value is -2.72. The van der Waals surface area contributed by atoms with Crippen molar-refractivity contribution in [2.45, 2.75) is 24.5 Å². The number of aromatic nitrogens is 1. The Morgan fingerprint density at radius 1 is 1.00 bits per heavy atom. The number of fused-ring (bicyclic) bond motifs is 1. The molecule has 6 nitrogen and oxygen atoms in total. The molecular weight excluding hydrogens is 429 g/mol. The Labute approximate surface area is 178 Å². The van der Waals surface area contributed by atoms with Crippen LogP contribution in [0, 0.1) is 0 Å². The largest absolute Gasteiger partial charge is 0.416 e. The van der Waals surface area contributed by atoms with Gasteiger partial charge in [0.1, 0.15) is 5.82 Å². The Morgan fingerprint density at radius 2 is 1.65 bits per heavy atom.